The zero-order valence-electron chi connectivity index (χ0n) is 5.60. The molecule has 1 spiro atoms. The lowest BCUT2D eigenvalue weighted by molar-refractivity contribution is -0.0364. The van der Waals surface area contributed by atoms with E-state index in [1.54, 1.807) is 0 Å². The Labute approximate surface area is 65.5 Å². The van der Waals surface area contributed by atoms with Gasteiger partial charge in [0, 0.05) is 19.5 Å². The van der Waals surface area contributed by atoms with Gasteiger partial charge in [-0.25, -0.2) is 4.39 Å². The van der Waals surface area contributed by atoms with E-state index < -0.39 is 6.17 Å². The van der Waals surface area contributed by atoms with Gasteiger partial charge < -0.3 is 10.1 Å². The predicted octanol–water partition coefficient (Wildman–Crippen LogP) is 0.509. The molecule has 0 bridgehead atoms. The van der Waals surface area contributed by atoms with Crippen molar-refractivity contribution in [3.8, 4) is 0 Å². The fraction of sp³-hybridized carbons (Fsp3) is 1.00. The third-order valence-corrected chi connectivity index (χ3v) is 2.06. The van der Waals surface area contributed by atoms with Gasteiger partial charge in [-0.15, -0.1) is 12.4 Å². The average Bonchev–Trinajstić information content (AvgIpc) is 2.09. The first-order valence-corrected chi connectivity index (χ1v) is 3.30. The van der Waals surface area contributed by atoms with Crippen LogP contribution in [0.1, 0.15) is 6.42 Å². The lowest BCUT2D eigenvalue weighted by atomic mass is 9.93. The van der Waals surface area contributed by atoms with Crippen LogP contribution in [0.25, 0.3) is 0 Å². The Balaban J connectivity index is 0.000000500. The van der Waals surface area contributed by atoms with Crippen LogP contribution in [-0.2, 0) is 4.74 Å². The second kappa shape index (κ2) is 2.64. The van der Waals surface area contributed by atoms with E-state index in [-0.39, 0.29) is 18.0 Å². The van der Waals surface area contributed by atoms with Crippen molar-refractivity contribution < 1.29 is 9.13 Å². The van der Waals surface area contributed by atoms with Gasteiger partial charge in [0.2, 0.25) is 0 Å². The molecule has 2 aliphatic heterocycles. The van der Waals surface area contributed by atoms with Crippen molar-refractivity contribution in [2.24, 2.45) is 0 Å². The van der Waals surface area contributed by atoms with Gasteiger partial charge in [0.15, 0.2) is 0 Å². The number of hydrogen-bond donors (Lipinski definition) is 1. The highest BCUT2D eigenvalue weighted by Gasteiger charge is 2.45. The van der Waals surface area contributed by atoms with Crippen LogP contribution in [0.5, 0.6) is 0 Å². The maximum atomic E-state index is 12.5. The van der Waals surface area contributed by atoms with Crippen molar-refractivity contribution >= 4 is 12.4 Å². The Kier molecular flexibility index (Phi) is 2.18. The van der Waals surface area contributed by atoms with Crippen LogP contribution in [0.2, 0.25) is 0 Å². The molecule has 2 nitrogen and oxygen atoms in total. The summed E-state index contributed by atoms with van der Waals surface area (Å²) in [6, 6.07) is 0. The van der Waals surface area contributed by atoms with Gasteiger partial charge in [0.25, 0.3) is 0 Å². The molecule has 2 saturated heterocycles. The average molecular weight is 168 g/mol. The number of hydrogen-bond acceptors (Lipinski definition) is 2. The normalized spacial score (nSPS) is 35.1. The topological polar surface area (TPSA) is 21.3 Å². The first kappa shape index (κ1) is 8.24. The number of ether oxygens (including phenoxy) is 1. The van der Waals surface area contributed by atoms with Gasteiger partial charge in [-0.2, -0.15) is 0 Å². The highest BCUT2D eigenvalue weighted by molar-refractivity contribution is 5.85. The number of alkyl halides is 1. The summed E-state index contributed by atoms with van der Waals surface area (Å²) in [5.74, 6) is 0. The SMILES string of the molecule is Cl.FC1COC2(CNC2)C1. The molecule has 2 heterocycles. The van der Waals surface area contributed by atoms with E-state index in [1.165, 1.54) is 0 Å². The molecule has 0 aromatic heterocycles. The zero-order valence-corrected chi connectivity index (χ0v) is 6.42. The van der Waals surface area contributed by atoms with Crippen LogP contribution in [0.4, 0.5) is 4.39 Å². The van der Waals surface area contributed by atoms with E-state index in [0.29, 0.717) is 13.0 Å². The predicted molar refractivity (Wildman–Crippen MR) is 38.3 cm³/mol. The van der Waals surface area contributed by atoms with Crippen LogP contribution in [0.3, 0.4) is 0 Å². The second-order valence-electron chi connectivity index (χ2n) is 2.90. The largest absolute Gasteiger partial charge is 0.369 e. The van der Waals surface area contributed by atoms with Crippen LogP contribution >= 0.6 is 12.4 Å². The fourth-order valence-corrected chi connectivity index (χ4v) is 1.44. The van der Waals surface area contributed by atoms with Crippen LogP contribution in [0, 0.1) is 0 Å². The summed E-state index contributed by atoms with van der Waals surface area (Å²) >= 11 is 0. The number of halogens is 2. The minimum Gasteiger partial charge on any atom is -0.369 e. The molecule has 2 aliphatic rings. The van der Waals surface area contributed by atoms with Gasteiger partial charge in [-0.3, -0.25) is 0 Å². The second-order valence-corrected chi connectivity index (χ2v) is 2.90. The molecule has 2 fully saturated rings. The van der Waals surface area contributed by atoms with Crippen LogP contribution < -0.4 is 5.32 Å². The third-order valence-electron chi connectivity index (χ3n) is 2.06. The smallest absolute Gasteiger partial charge is 0.126 e. The number of nitrogens with one attached hydrogen (secondary N) is 1. The minimum atomic E-state index is -0.716. The Hall–Kier alpha value is 0.140. The Morgan fingerprint density at radius 3 is 2.40 bits per heavy atom. The maximum absolute atomic E-state index is 12.5. The summed E-state index contributed by atoms with van der Waals surface area (Å²) in [6.07, 6.45) is -0.118. The molecule has 60 valence electrons. The molecule has 10 heavy (non-hydrogen) atoms. The molecule has 1 atom stereocenters. The summed E-state index contributed by atoms with van der Waals surface area (Å²) in [4.78, 5) is 0. The summed E-state index contributed by atoms with van der Waals surface area (Å²) in [7, 11) is 0. The van der Waals surface area contributed by atoms with Gasteiger partial charge >= 0.3 is 0 Å². The first-order valence-electron chi connectivity index (χ1n) is 3.30. The molecule has 0 radical (unpaired) electrons. The molecule has 0 amide bonds. The van der Waals surface area contributed by atoms with Gasteiger partial charge in [0.1, 0.15) is 6.17 Å². The van der Waals surface area contributed by atoms with Crippen molar-refractivity contribution in [2.75, 3.05) is 19.7 Å². The molecule has 0 saturated carbocycles. The van der Waals surface area contributed by atoms with Crippen molar-refractivity contribution in [1.29, 1.82) is 0 Å². The zero-order chi connectivity index (χ0) is 6.32. The van der Waals surface area contributed by atoms with Crippen molar-refractivity contribution in [2.45, 2.75) is 18.2 Å². The molecular formula is C6H11ClFNO. The highest BCUT2D eigenvalue weighted by atomic mass is 35.5. The molecule has 0 aromatic rings. The third kappa shape index (κ3) is 1.13. The van der Waals surface area contributed by atoms with Gasteiger partial charge in [-0.05, 0) is 0 Å². The Morgan fingerprint density at radius 2 is 2.20 bits per heavy atom. The minimum absolute atomic E-state index is 0. The van der Waals surface area contributed by atoms with E-state index in [4.69, 9.17) is 4.74 Å². The lowest BCUT2D eigenvalue weighted by Gasteiger charge is -2.37. The quantitative estimate of drug-likeness (QED) is 0.568. The van der Waals surface area contributed by atoms with Gasteiger partial charge in [0.05, 0.1) is 12.2 Å². The molecule has 0 aromatic carbocycles. The summed E-state index contributed by atoms with van der Waals surface area (Å²) in [6.45, 7) is 1.99. The summed E-state index contributed by atoms with van der Waals surface area (Å²) in [5, 5.41) is 3.07. The van der Waals surface area contributed by atoms with Crippen molar-refractivity contribution in [3.63, 3.8) is 0 Å². The Morgan fingerprint density at radius 1 is 1.50 bits per heavy atom. The van der Waals surface area contributed by atoms with E-state index >= 15 is 0 Å². The molecule has 2 rings (SSSR count). The lowest BCUT2D eigenvalue weighted by Crippen LogP contribution is -2.59. The first-order chi connectivity index (χ1) is 4.31. The van der Waals surface area contributed by atoms with Gasteiger partial charge in [-0.1, -0.05) is 0 Å². The molecular weight excluding hydrogens is 157 g/mol. The summed E-state index contributed by atoms with van der Waals surface area (Å²) < 4.78 is 17.7. The van der Waals surface area contributed by atoms with Crippen LogP contribution in [-0.4, -0.2) is 31.5 Å². The highest BCUT2D eigenvalue weighted by Crippen LogP contribution is 2.30. The number of rotatable bonds is 0. The van der Waals surface area contributed by atoms with Crippen molar-refractivity contribution in [3.05, 3.63) is 0 Å². The van der Waals surface area contributed by atoms with Crippen molar-refractivity contribution in [1.82, 2.24) is 5.32 Å². The van der Waals surface area contributed by atoms with Crippen LogP contribution in [0.15, 0.2) is 0 Å². The summed E-state index contributed by atoms with van der Waals surface area (Å²) in [5.41, 5.74) is -0.0978. The molecule has 0 aliphatic carbocycles. The van der Waals surface area contributed by atoms with E-state index in [1.807, 2.05) is 0 Å². The standard InChI is InChI=1S/C6H10FNO.ClH/c7-5-1-6(9-2-5)3-8-4-6;/h5,8H,1-4H2;1H. The fourth-order valence-electron chi connectivity index (χ4n) is 1.44. The Bertz CT molecular complexity index is 129. The van der Waals surface area contributed by atoms with E-state index in [2.05, 4.69) is 5.32 Å². The molecule has 1 N–H and O–H groups in total. The maximum Gasteiger partial charge on any atom is 0.126 e. The van der Waals surface area contributed by atoms with E-state index in [0.717, 1.165) is 13.1 Å². The molecule has 4 heteroatoms. The molecule has 1 unspecified atom stereocenters. The monoisotopic (exact) mass is 167 g/mol. The van der Waals surface area contributed by atoms with E-state index in [9.17, 15) is 4.39 Å².